The number of oxazole rings is 1. The Morgan fingerprint density at radius 1 is 1.37 bits per heavy atom. The zero-order valence-corrected chi connectivity index (χ0v) is 10.4. The molecule has 0 fully saturated rings. The molecule has 0 bridgehead atoms. The minimum absolute atomic E-state index is 0.0418. The molecule has 0 saturated heterocycles. The van der Waals surface area contributed by atoms with Gasteiger partial charge in [-0.2, -0.15) is 5.26 Å². The van der Waals surface area contributed by atoms with Crippen molar-refractivity contribution in [3.63, 3.8) is 0 Å². The van der Waals surface area contributed by atoms with Gasteiger partial charge in [-0.15, -0.1) is 0 Å². The Morgan fingerprint density at radius 3 is 2.68 bits per heavy atom. The van der Waals surface area contributed by atoms with Gasteiger partial charge in [0.2, 0.25) is 5.89 Å². The summed E-state index contributed by atoms with van der Waals surface area (Å²) in [5, 5.41) is 11.3. The van der Waals surface area contributed by atoms with Crippen LogP contribution in [0.15, 0.2) is 22.7 Å². The van der Waals surface area contributed by atoms with Gasteiger partial charge in [0.1, 0.15) is 17.9 Å². The standard InChI is InChI=1S/C13H11F2N3O/c1-7-6-17-13(19-7)8(2)18-10-4-3-9(5-16)11(14)12(10)15/h3-4,6,8,18H,1-2H3. The summed E-state index contributed by atoms with van der Waals surface area (Å²) in [5.74, 6) is -1.24. The third-order valence-electron chi connectivity index (χ3n) is 2.58. The van der Waals surface area contributed by atoms with Gasteiger partial charge < -0.3 is 9.73 Å². The largest absolute Gasteiger partial charge is 0.444 e. The average molecular weight is 263 g/mol. The number of nitrogens with zero attached hydrogens (tertiary/aromatic N) is 2. The van der Waals surface area contributed by atoms with Crippen LogP contribution >= 0.6 is 0 Å². The quantitative estimate of drug-likeness (QED) is 0.922. The van der Waals surface area contributed by atoms with Gasteiger partial charge in [-0.3, -0.25) is 0 Å². The predicted molar refractivity (Wildman–Crippen MR) is 64.4 cm³/mol. The second kappa shape index (κ2) is 5.06. The second-order valence-corrected chi connectivity index (χ2v) is 4.08. The lowest BCUT2D eigenvalue weighted by atomic mass is 10.2. The first-order valence-corrected chi connectivity index (χ1v) is 5.60. The first-order chi connectivity index (χ1) is 9.02. The van der Waals surface area contributed by atoms with Gasteiger partial charge in [-0.25, -0.2) is 13.8 Å². The highest BCUT2D eigenvalue weighted by molar-refractivity contribution is 5.50. The molecule has 1 atom stereocenters. The normalized spacial score (nSPS) is 11.9. The minimum Gasteiger partial charge on any atom is -0.444 e. The van der Waals surface area contributed by atoms with Crippen LogP contribution in [-0.2, 0) is 0 Å². The molecule has 98 valence electrons. The van der Waals surface area contributed by atoms with Crippen LogP contribution in [0.1, 0.15) is 30.2 Å². The fraction of sp³-hybridized carbons (Fsp3) is 0.231. The molecular weight excluding hydrogens is 252 g/mol. The summed E-state index contributed by atoms with van der Waals surface area (Å²) in [5.41, 5.74) is -0.373. The van der Waals surface area contributed by atoms with Crippen molar-refractivity contribution in [2.24, 2.45) is 0 Å². The number of nitriles is 1. The zero-order chi connectivity index (χ0) is 14.0. The van der Waals surface area contributed by atoms with Crippen LogP contribution in [0.3, 0.4) is 0 Å². The molecule has 0 aliphatic carbocycles. The Morgan fingerprint density at radius 2 is 2.11 bits per heavy atom. The first-order valence-electron chi connectivity index (χ1n) is 5.60. The Balaban J connectivity index is 2.25. The Labute approximate surface area is 108 Å². The van der Waals surface area contributed by atoms with Crippen molar-refractivity contribution in [1.29, 1.82) is 5.26 Å². The highest BCUT2D eigenvalue weighted by Gasteiger charge is 2.17. The molecule has 0 radical (unpaired) electrons. The smallest absolute Gasteiger partial charge is 0.216 e. The van der Waals surface area contributed by atoms with Crippen molar-refractivity contribution in [3.8, 4) is 6.07 Å². The van der Waals surface area contributed by atoms with Crippen molar-refractivity contribution in [3.05, 3.63) is 47.2 Å². The zero-order valence-electron chi connectivity index (χ0n) is 10.4. The Bertz CT molecular complexity index is 646. The monoisotopic (exact) mass is 263 g/mol. The maximum Gasteiger partial charge on any atom is 0.216 e. The lowest BCUT2D eigenvalue weighted by Crippen LogP contribution is -2.09. The number of anilines is 1. The predicted octanol–water partition coefficient (Wildman–Crippen LogP) is 3.31. The molecule has 1 aromatic carbocycles. The van der Waals surface area contributed by atoms with Gasteiger partial charge in [0.25, 0.3) is 0 Å². The molecule has 1 N–H and O–H groups in total. The molecule has 1 aromatic heterocycles. The van der Waals surface area contributed by atoms with Crippen LogP contribution in [0.25, 0.3) is 0 Å². The van der Waals surface area contributed by atoms with E-state index < -0.39 is 17.7 Å². The van der Waals surface area contributed by atoms with E-state index in [1.165, 1.54) is 12.1 Å². The molecule has 0 amide bonds. The number of aromatic nitrogens is 1. The fourth-order valence-electron chi connectivity index (χ4n) is 1.61. The van der Waals surface area contributed by atoms with E-state index in [2.05, 4.69) is 10.3 Å². The van der Waals surface area contributed by atoms with Crippen molar-refractivity contribution in [2.75, 3.05) is 5.32 Å². The van der Waals surface area contributed by atoms with Gasteiger partial charge in [-0.05, 0) is 26.0 Å². The summed E-state index contributed by atoms with van der Waals surface area (Å²) in [6.07, 6.45) is 1.54. The molecule has 1 heterocycles. The molecule has 1 unspecified atom stereocenters. The lowest BCUT2D eigenvalue weighted by Gasteiger charge is -2.13. The number of rotatable bonds is 3. The molecule has 0 aliphatic rings. The van der Waals surface area contributed by atoms with Gasteiger partial charge >= 0.3 is 0 Å². The van der Waals surface area contributed by atoms with E-state index >= 15 is 0 Å². The van der Waals surface area contributed by atoms with E-state index in [1.807, 2.05) is 0 Å². The van der Waals surface area contributed by atoms with Crippen LogP contribution in [0.2, 0.25) is 0 Å². The number of hydrogen-bond acceptors (Lipinski definition) is 4. The second-order valence-electron chi connectivity index (χ2n) is 4.08. The van der Waals surface area contributed by atoms with Crippen LogP contribution < -0.4 is 5.32 Å². The molecule has 2 rings (SSSR count). The van der Waals surface area contributed by atoms with Crippen molar-refractivity contribution in [1.82, 2.24) is 4.98 Å². The maximum absolute atomic E-state index is 13.7. The Kier molecular flexibility index (Phi) is 3.47. The fourth-order valence-corrected chi connectivity index (χ4v) is 1.61. The Hall–Kier alpha value is -2.42. The molecule has 0 aliphatic heterocycles. The van der Waals surface area contributed by atoms with Gasteiger partial charge in [0, 0.05) is 0 Å². The number of hydrogen-bond donors (Lipinski definition) is 1. The molecule has 2 aromatic rings. The topological polar surface area (TPSA) is 61.9 Å². The van der Waals surface area contributed by atoms with E-state index in [0.717, 1.165) is 0 Å². The third-order valence-corrected chi connectivity index (χ3v) is 2.58. The van der Waals surface area contributed by atoms with E-state index in [0.29, 0.717) is 11.7 Å². The van der Waals surface area contributed by atoms with Crippen molar-refractivity contribution in [2.45, 2.75) is 19.9 Å². The van der Waals surface area contributed by atoms with Crippen LogP contribution in [0.5, 0.6) is 0 Å². The van der Waals surface area contributed by atoms with E-state index in [1.54, 1.807) is 26.1 Å². The SMILES string of the molecule is Cc1cnc(C(C)Nc2ccc(C#N)c(F)c2F)o1. The van der Waals surface area contributed by atoms with Crippen LogP contribution in [-0.4, -0.2) is 4.98 Å². The highest BCUT2D eigenvalue weighted by atomic mass is 19.2. The van der Waals surface area contributed by atoms with Crippen molar-refractivity contribution >= 4 is 5.69 Å². The molecule has 0 spiro atoms. The maximum atomic E-state index is 13.7. The molecule has 0 saturated carbocycles. The molecule has 19 heavy (non-hydrogen) atoms. The summed E-state index contributed by atoms with van der Waals surface area (Å²) in [7, 11) is 0. The third kappa shape index (κ3) is 2.55. The van der Waals surface area contributed by atoms with E-state index in [-0.39, 0.29) is 11.3 Å². The summed E-state index contributed by atoms with van der Waals surface area (Å²) in [4.78, 5) is 4.00. The number of halogens is 2. The van der Waals surface area contributed by atoms with E-state index in [4.69, 9.17) is 9.68 Å². The summed E-state index contributed by atoms with van der Waals surface area (Å²) < 4.78 is 32.4. The summed E-state index contributed by atoms with van der Waals surface area (Å²) in [6.45, 7) is 3.45. The highest BCUT2D eigenvalue weighted by Crippen LogP contribution is 2.24. The van der Waals surface area contributed by atoms with Gasteiger partial charge in [-0.1, -0.05) is 0 Å². The van der Waals surface area contributed by atoms with Crippen LogP contribution in [0.4, 0.5) is 14.5 Å². The first kappa shape index (κ1) is 13.0. The van der Waals surface area contributed by atoms with Gasteiger partial charge in [0.15, 0.2) is 11.6 Å². The number of benzene rings is 1. The summed E-state index contributed by atoms with van der Waals surface area (Å²) in [6, 6.07) is 3.68. The van der Waals surface area contributed by atoms with E-state index in [9.17, 15) is 8.78 Å². The number of aryl methyl sites for hydroxylation is 1. The lowest BCUT2D eigenvalue weighted by molar-refractivity contribution is 0.451. The average Bonchev–Trinajstić information content (AvgIpc) is 2.82. The van der Waals surface area contributed by atoms with Crippen LogP contribution in [0, 0.1) is 29.9 Å². The van der Waals surface area contributed by atoms with Gasteiger partial charge in [0.05, 0.1) is 17.4 Å². The molecule has 4 nitrogen and oxygen atoms in total. The number of nitrogens with one attached hydrogen (secondary N) is 1. The minimum atomic E-state index is -1.16. The summed E-state index contributed by atoms with van der Waals surface area (Å²) >= 11 is 0. The molecular formula is C13H11F2N3O. The van der Waals surface area contributed by atoms with Crippen molar-refractivity contribution < 1.29 is 13.2 Å². The molecule has 6 heteroatoms.